The second-order valence-corrected chi connectivity index (χ2v) is 8.54. The van der Waals surface area contributed by atoms with Crippen molar-refractivity contribution in [3.63, 3.8) is 0 Å². The van der Waals surface area contributed by atoms with Crippen molar-refractivity contribution in [1.29, 1.82) is 0 Å². The molecule has 2 aromatic heterocycles. The lowest BCUT2D eigenvalue weighted by molar-refractivity contribution is 1.04. The molecule has 0 aliphatic carbocycles. The number of rotatable bonds is 4. The molecule has 0 radical (unpaired) electrons. The molecule has 0 saturated heterocycles. The molecule has 0 spiro atoms. The number of fused-ring (bicyclic) bond motifs is 2. The average molecular weight is 417 g/mol. The predicted molar refractivity (Wildman–Crippen MR) is 130 cm³/mol. The van der Waals surface area contributed by atoms with E-state index in [1.165, 1.54) is 0 Å². The first-order valence-electron chi connectivity index (χ1n) is 10.3. The highest BCUT2D eigenvalue weighted by molar-refractivity contribution is 5.85. The number of pyridine rings is 2. The van der Waals surface area contributed by atoms with E-state index in [-0.39, 0.29) is 17.3 Å². The highest BCUT2D eigenvalue weighted by Gasteiger charge is 2.16. The molecule has 0 saturated carbocycles. The Hall–Kier alpha value is -3.54. The standard InChI is InChI=1S/C25H28N4O2/c1-14-18(24(30)20-11-16(28(3)4)7-9-22(20)26-14)13-19-15(2)27-23-10-8-17(29(5)6)12-21(23)25(19)31/h7-12H,13H2,1-6H3,(H,26,30)(H,27,31). The van der Waals surface area contributed by atoms with E-state index < -0.39 is 0 Å². The summed E-state index contributed by atoms with van der Waals surface area (Å²) in [4.78, 5) is 37.4. The summed E-state index contributed by atoms with van der Waals surface area (Å²) in [6.07, 6.45) is 0.284. The van der Waals surface area contributed by atoms with Crippen molar-refractivity contribution in [3.8, 4) is 0 Å². The summed E-state index contributed by atoms with van der Waals surface area (Å²) in [5, 5.41) is 1.27. The van der Waals surface area contributed by atoms with Gasteiger partial charge in [-0.1, -0.05) is 0 Å². The zero-order valence-electron chi connectivity index (χ0n) is 18.9. The molecule has 2 heterocycles. The SMILES string of the molecule is Cc1[nH]c2ccc(N(C)C)cc2c(=O)c1Cc1c(C)[nH]c2ccc(N(C)C)cc2c1=O. The first-order valence-corrected chi connectivity index (χ1v) is 10.3. The molecule has 0 bridgehead atoms. The summed E-state index contributed by atoms with van der Waals surface area (Å²) in [5.41, 5.74) is 6.29. The second-order valence-electron chi connectivity index (χ2n) is 8.54. The third kappa shape index (κ3) is 3.58. The fourth-order valence-electron chi connectivity index (χ4n) is 4.04. The summed E-state index contributed by atoms with van der Waals surface area (Å²) in [6, 6.07) is 11.6. The molecular weight excluding hydrogens is 388 g/mol. The fraction of sp³-hybridized carbons (Fsp3) is 0.280. The van der Waals surface area contributed by atoms with Crippen molar-refractivity contribution in [2.75, 3.05) is 38.0 Å². The van der Waals surface area contributed by atoms with Gasteiger partial charge in [-0.2, -0.15) is 0 Å². The Labute approximate surface area is 181 Å². The van der Waals surface area contributed by atoms with Gasteiger partial charge in [-0.25, -0.2) is 0 Å². The van der Waals surface area contributed by atoms with E-state index in [0.29, 0.717) is 21.9 Å². The lowest BCUT2D eigenvalue weighted by Gasteiger charge is -2.15. The molecule has 0 aliphatic rings. The lowest BCUT2D eigenvalue weighted by atomic mass is 9.98. The summed E-state index contributed by atoms with van der Waals surface area (Å²) in [6.45, 7) is 3.79. The van der Waals surface area contributed by atoms with Gasteiger partial charge in [0.05, 0.1) is 0 Å². The van der Waals surface area contributed by atoms with Crippen molar-refractivity contribution >= 4 is 33.2 Å². The lowest BCUT2D eigenvalue weighted by Crippen LogP contribution is -2.20. The molecule has 4 aromatic rings. The van der Waals surface area contributed by atoms with Gasteiger partial charge in [-0.15, -0.1) is 0 Å². The Balaban J connectivity index is 1.90. The van der Waals surface area contributed by atoms with Crippen LogP contribution in [0.15, 0.2) is 46.0 Å². The number of anilines is 2. The highest BCUT2D eigenvalue weighted by atomic mass is 16.1. The first-order chi connectivity index (χ1) is 14.7. The normalized spacial score (nSPS) is 11.3. The monoisotopic (exact) mass is 416 g/mol. The minimum Gasteiger partial charge on any atom is -0.378 e. The largest absolute Gasteiger partial charge is 0.378 e. The zero-order chi connectivity index (χ0) is 22.4. The van der Waals surface area contributed by atoms with E-state index in [1.54, 1.807) is 0 Å². The van der Waals surface area contributed by atoms with Crippen LogP contribution in [0.25, 0.3) is 21.8 Å². The quantitative estimate of drug-likeness (QED) is 0.532. The molecule has 2 aromatic carbocycles. The number of nitrogens with zero attached hydrogens (tertiary/aromatic N) is 2. The van der Waals surface area contributed by atoms with Crippen molar-refractivity contribution < 1.29 is 0 Å². The highest BCUT2D eigenvalue weighted by Crippen LogP contribution is 2.22. The van der Waals surface area contributed by atoms with E-state index >= 15 is 0 Å². The maximum Gasteiger partial charge on any atom is 0.193 e. The van der Waals surface area contributed by atoms with Crippen LogP contribution in [0.3, 0.4) is 0 Å². The van der Waals surface area contributed by atoms with Gasteiger partial charge in [0.15, 0.2) is 10.9 Å². The molecule has 31 heavy (non-hydrogen) atoms. The maximum atomic E-state index is 13.4. The third-order valence-corrected chi connectivity index (χ3v) is 5.98. The summed E-state index contributed by atoms with van der Waals surface area (Å²) in [5.74, 6) is 0. The van der Waals surface area contributed by atoms with Crippen LogP contribution in [-0.4, -0.2) is 38.2 Å². The van der Waals surface area contributed by atoms with E-state index in [9.17, 15) is 9.59 Å². The number of benzene rings is 2. The van der Waals surface area contributed by atoms with Crippen LogP contribution in [0.4, 0.5) is 11.4 Å². The van der Waals surface area contributed by atoms with Crippen LogP contribution in [0, 0.1) is 13.8 Å². The Morgan fingerprint density at radius 1 is 0.677 bits per heavy atom. The van der Waals surface area contributed by atoms with E-state index in [1.807, 2.05) is 88.2 Å². The Morgan fingerprint density at radius 3 is 1.42 bits per heavy atom. The fourth-order valence-corrected chi connectivity index (χ4v) is 4.04. The average Bonchev–Trinajstić information content (AvgIpc) is 2.72. The van der Waals surface area contributed by atoms with Crippen LogP contribution in [0.2, 0.25) is 0 Å². The third-order valence-electron chi connectivity index (χ3n) is 5.98. The minimum atomic E-state index is -0.0316. The van der Waals surface area contributed by atoms with Crippen LogP contribution < -0.4 is 20.7 Å². The van der Waals surface area contributed by atoms with Crippen molar-refractivity contribution in [2.45, 2.75) is 20.3 Å². The molecule has 0 amide bonds. The molecule has 0 unspecified atom stereocenters. The van der Waals surface area contributed by atoms with Gasteiger partial charge in [-0.3, -0.25) is 9.59 Å². The van der Waals surface area contributed by atoms with Crippen molar-refractivity contribution in [1.82, 2.24) is 9.97 Å². The molecule has 160 valence electrons. The number of H-pyrrole nitrogens is 2. The molecule has 4 rings (SSSR count). The Bertz CT molecular complexity index is 1320. The number of hydrogen-bond acceptors (Lipinski definition) is 4. The smallest absolute Gasteiger partial charge is 0.193 e. The molecule has 6 nitrogen and oxygen atoms in total. The van der Waals surface area contributed by atoms with Gasteiger partial charge in [-0.05, 0) is 50.2 Å². The summed E-state index contributed by atoms with van der Waals surface area (Å²) < 4.78 is 0. The molecule has 6 heteroatoms. The molecule has 2 N–H and O–H groups in total. The number of aromatic amines is 2. The first kappa shape index (κ1) is 20.7. The minimum absolute atomic E-state index is 0.0316. The van der Waals surface area contributed by atoms with Crippen LogP contribution in [0.5, 0.6) is 0 Å². The van der Waals surface area contributed by atoms with Gasteiger partial charge in [0.1, 0.15) is 0 Å². The van der Waals surface area contributed by atoms with Crippen molar-refractivity contribution in [2.24, 2.45) is 0 Å². The number of aryl methyl sites for hydroxylation is 2. The van der Waals surface area contributed by atoms with Gasteiger partial charge in [0.25, 0.3) is 0 Å². The Kier molecular flexibility index (Phi) is 5.09. The van der Waals surface area contributed by atoms with Gasteiger partial charge in [0, 0.05) is 90.3 Å². The number of nitrogens with one attached hydrogen (secondary N) is 2. The predicted octanol–water partition coefficient (Wildman–Crippen LogP) is 3.71. The molecular formula is C25H28N4O2. The van der Waals surface area contributed by atoms with Crippen LogP contribution >= 0.6 is 0 Å². The van der Waals surface area contributed by atoms with E-state index in [4.69, 9.17) is 0 Å². The number of hydrogen-bond donors (Lipinski definition) is 2. The summed E-state index contributed by atoms with van der Waals surface area (Å²) in [7, 11) is 7.80. The molecule has 0 aliphatic heterocycles. The van der Waals surface area contributed by atoms with Crippen LogP contribution in [0.1, 0.15) is 22.5 Å². The Morgan fingerprint density at radius 2 is 1.06 bits per heavy atom. The van der Waals surface area contributed by atoms with Gasteiger partial charge >= 0.3 is 0 Å². The molecule has 0 atom stereocenters. The van der Waals surface area contributed by atoms with E-state index in [0.717, 1.165) is 33.8 Å². The van der Waals surface area contributed by atoms with Gasteiger partial charge in [0.2, 0.25) is 0 Å². The maximum absolute atomic E-state index is 13.4. The molecule has 0 fully saturated rings. The zero-order valence-corrected chi connectivity index (χ0v) is 18.9. The summed E-state index contributed by atoms with van der Waals surface area (Å²) >= 11 is 0. The van der Waals surface area contributed by atoms with Gasteiger partial charge < -0.3 is 19.8 Å². The van der Waals surface area contributed by atoms with Crippen LogP contribution in [-0.2, 0) is 6.42 Å². The number of aromatic nitrogens is 2. The topological polar surface area (TPSA) is 72.2 Å². The van der Waals surface area contributed by atoms with E-state index in [2.05, 4.69) is 9.97 Å². The second kappa shape index (κ2) is 7.61. The van der Waals surface area contributed by atoms with Crippen molar-refractivity contribution in [3.05, 3.63) is 79.4 Å².